The van der Waals surface area contributed by atoms with Gasteiger partial charge in [0.25, 0.3) is 5.92 Å². The number of nitrogens with two attached hydrogens (primary N) is 1. The molecule has 1 aromatic carbocycles. The molecule has 0 radical (unpaired) electrons. The minimum Gasteiger partial charge on any atom is -0.388 e. The first-order chi connectivity index (χ1) is 9.05. The smallest absolute Gasteiger partial charge is 0.388 e. The van der Waals surface area contributed by atoms with Gasteiger partial charge in [-0.1, -0.05) is 0 Å². The third kappa shape index (κ3) is 4.01. The molecule has 0 spiro atoms. The Morgan fingerprint density at radius 1 is 1.10 bits per heavy atom. The maximum absolute atomic E-state index is 13.3. The summed E-state index contributed by atoms with van der Waals surface area (Å²) in [6, 6.07) is 2.10. The Bertz CT molecular complexity index is 509. The molecule has 110 valence electrons. The average molecular weight is 293 g/mol. The maximum atomic E-state index is 13.3. The van der Waals surface area contributed by atoms with E-state index in [1.807, 2.05) is 0 Å². The number of halogens is 5. The van der Waals surface area contributed by atoms with Gasteiger partial charge in [-0.05, 0) is 30.7 Å². The lowest BCUT2D eigenvalue weighted by molar-refractivity contribution is -0.137. The lowest BCUT2D eigenvalue weighted by Gasteiger charge is -2.16. The van der Waals surface area contributed by atoms with Crippen molar-refractivity contribution in [1.29, 1.82) is 0 Å². The lowest BCUT2D eigenvalue weighted by atomic mass is 9.99. The Morgan fingerprint density at radius 3 is 2.10 bits per heavy atom. The van der Waals surface area contributed by atoms with Gasteiger partial charge in [-0.3, -0.25) is 0 Å². The summed E-state index contributed by atoms with van der Waals surface area (Å²) in [7, 11) is 0. The predicted molar refractivity (Wildman–Crippen MR) is 65.9 cm³/mol. The van der Waals surface area contributed by atoms with Crippen molar-refractivity contribution in [3.05, 3.63) is 34.9 Å². The Morgan fingerprint density at radius 2 is 1.65 bits per heavy atom. The highest BCUT2D eigenvalue weighted by Crippen LogP contribution is 2.35. The molecule has 0 aliphatic carbocycles. The van der Waals surface area contributed by atoms with Crippen molar-refractivity contribution in [3.8, 4) is 0 Å². The largest absolute Gasteiger partial charge is 0.416 e. The van der Waals surface area contributed by atoms with Crippen LogP contribution in [0.1, 0.15) is 30.5 Å². The molecule has 0 saturated carbocycles. The van der Waals surface area contributed by atoms with E-state index in [0.29, 0.717) is 13.0 Å². The first-order valence-corrected chi connectivity index (χ1v) is 5.44. The minimum absolute atomic E-state index is 0.0447. The molecule has 0 amide bonds. The molecule has 0 fully saturated rings. The minimum atomic E-state index is -4.73. The van der Waals surface area contributed by atoms with Crippen molar-refractivity contribution in [2.24, 2.45) is 15.9 Å². The molecule has 0 unspecified atom stereocenters. The average Bonchev–Trinajstić information content (AvgIpc) is 2.33. The van der Waals surface area contributed by atoms with Gasteiger partial charge in [0, 0.05) is 12.5 Å². The zero-order valence-corrected chi connectivity index (χ0v) is 10.7. The first kappa shape index (κ1) is 16.1. The van der Waals surface area contributed by atoms with Crippen LogP contribution in [0.2, 0.25) is 0 Å². The standard InChI is InChI=1S/C12H12F5N3/c1-7(20-19-6-18)8-3-9(11(2,13)14)5-10(4-8)12(15,16)17/h3-6H,1-2H3,(H2,18,19)/b20-7+. The number of benzene rings is 1. The van der Waals surface area contributed by atoms with Crippen LogP contribution in [-0.4, -0.2) is 12.1 Å². The Balaban J connectivity index is 3.46. The first-order valence-electron chi connectivity index (χ1n) is 5.44. The number of hydrogen-bond acceptors (Lipinski definition) is 2. The zero-order chi connectivity index (χ0) is 15.6. The van der Waals surface area contributed by atoms with Gasteiger partial charge in [0.15, 0.2) is 0 Å². The molecule has 0 aliphatic rings. The fraction of sp³-hybridized carbons (Fsp3) is 0.333. The molecule has 1 rings (SSSR count). The van der Waals surface area contributed by atoms with Gasteiger partial charge in [-0.25, -0.2) is 8.78 Å². The monoisotopic (exact) mass is 293 g/mol. The van der Waals surface area contributed by atoms with E-state index in [1.54, 1.807) is 0 Å². The van der Waals surface area contributed by atoms with Crippen LogP contribution >= 0.6 is 0 Å². The summed E-state index contributed by atoms with van der Waals surface area (Å²) in [6.07, 6.45) is -3.89. The van der Waals surface area contributed by atoms with Crippen LogP contribution in [-0.2, 0) is 12.1 Å². The van der Waals surface area contributed by atoms with E-state index in [4.69, 9.17) is 5.73 Å². The molecule has 2 N–H and O–H groups in total. The second-order valence-electron chi connectivity index (χ2n) is 4.14. The molecule has 20 heavy (non-hydrogen) atoms. The van der Waals surface area contributed by atoms with Crippen LogP contribution < -0.4 is 5.73 Å². The van der Waals surface area contributed by atoms with Gasteiger partial charge in [-0.2, -0.15) is 18.3 Å². The van der Waals surface area contributed by atoms with Crippen molar-refractivity contribution in [2.75, 3.05) is 0 Å². The Hall–Kier alpha value is -1.99. The molecular formula is C12H12F5N3. The maximum Gasteiger partial charge on any atom is 0.416 e. The molecule has 0 heterocycles. The van der Waals surface area contributed by atoms with Crippen LogP contribution in [0.5, 0.6) is 0 Å². The molecule has 0 atom stereocenters. The highest BCUT2D eigenvalue weighted by Gasteiger charge is 2.34. The van der Waals surface area contributed by atoms with Gasteiger partial charge in [0.1, 0.15) is 6.34 Å². The molecule has 3 nitrogen and oxygen atoms in total. The summed E-state index contributed by atoms with van der Waals surface area (Å²) in [6.45, 7) is 1.87. The van der Waals surface area contributed by atoms with E-state index < -0.39 is 23.2 Å². The topological polar surface area (TPSA) is 50.7 Å². The van der Waals surface area contributed by atoms with Gasteiger partial charge in [-0.15, -0.1) is 5.10 Å². The fourth-order valence-corrected chi connectivity index (χ4v) is 1.43. The molecule has 0 saturated heterocycles. The number of alkyl halides is 5. The highest BCUT2D eigenvalue weighted by molar-refractivity contribution is 5.99. The Kier molecular flexibility index (Phi) is 4.46. The summed E-state index contributed by atoms with van der Waals surface area (Å²) in [4.78, 5) is 0. The van der Waals surface area contributed by atoms with Gasteiger partial charge in [0.05, 0.1) is 11.3 Å². The molecule has 1 aromatic rings. The normalized spacial score (nSPS) is 14.1. The summed E-state index contributed by atoms with van der Waals surface area (Å²) in [5.74, 6) is -3.40. The third-order valence-electron chi connectivity index (χ3n) is 2.46. The van der Waals surface area contributed by atoms with Crippen LogP contribution in [0, 0.1) is 0 Å². The van der Waals surface area contributed by atoms with Crippen molar-refractivity contribution in [2.45, 2.75) is 25.9 Å². The quantitative estimate of drug-likeness (QED) is 0.394. The SMILES string of the molecule is C/C(=N\N=C/N)c1cc(C(C)(F)F)cc(C(F)(F)F)c1. The van der Waals surface area contributed by atoms with E-state index >= 15 is 0 Å². The zero-order valence-electron chi connectivity index (χ0n) is 10.7. The highest BCUT2D eigenvalue weighted by atomic mass is 19.4. The van der Waals surface area contributed by atoms with Crippen molar-refractivity contribution in [1.82, 2.24) is 0 Å². The summed E-state index contributed by atoms with van der Waals surface area (Å²) in [5, 5.41) is 6.81. The number of nitrogens with zero attached hydrogens (tertiary/aromatic N) is 2. The van der Waals surface area contributed by atoms with E-state index in [2.05, 4.69) is 10.2 Å². The van der Waals surface area contributed by atoms with Gasteiger partial charge in [0.2, 0.25) is 0 Å². The number of hydrogen-bond donors (Lipinski definition) is 1. The van der Waals surface area contributed by atoms with Crippen molar-refractivity contribution in [3.63, 3.8) is 0 Å². The van der Waals surface area contributed by atoms with E-state index in [0.717, 1.165) is 18.5 Å². The summed E-state index contributed by atoms with van der Waals surface area (Å²) >= 11 is 0. The third-order valence-corrected chi connectivity index (χ3v) is 2.46. The second-order valence-corrected chi connectivity index (χ2v) is 4.14. The van der Waals surface area contributed by atoms with Crippen LogP contribution in [0.3, 0.4) is 0 Å². The van der Waals surface area contributed by atoms with Crippen molar-refractivity contribution < 1.29 is 22.0 Å². The molecule has 0 aromatic heterocycles. The van der Waals surface area contributed by atoms with Crippen molar-refractivity contribution >= 4 is 12.1 Å². The molecule has 8 heteroatoms. The van der Waals surface area contributed by atoms with E-state index in [9.17, 15) is 22.0 Å². The van der Waals surface area contributed by atoms with Crippen LogP contribution in [0.25, 0.3) is 0 Å². The molecule has 0 aliphatic heterocycles. The number of rotatable bonds is 3. The van der Waals surface area contributed by atoms with Gasteiger partial charge < -0.3 is 5.73 Å². The lowest BCUT2D eigenvalue weighted by Crippen LogP contribution is -2.13. The fourth-order valence-electron chi connectivity index (χ4n) is 1.43. The van der Waals surface area contributed by atoms with E-state index in [1.165, 1.54) is 6.92 Å². The van der Waals surface area contributed by atoms with E-state index in [-0.39, 0.29) is 11.3 Å². The summed E-state index contributed by atoms with van der Waals surface area (Å²) in [5.41, 5.74) is 2.99. The summed E-state index contributed by atoms with van der Waals surface area (Å²) < 4.78 is 64.7. The predicted octanol–water partition coefficient (Wildman–Crippen LogP) is 3.53. The second kappa shape index (κ2) is 5.56. The molecular weight excluding hydrogens is 281 g/mol. The van der Waals surface area contributed by atoms with Crippen LogP contribution in [0.15, 0.2) is 28.4 Å². The van der Waals surface area contributed by atoms with Crippen LogP contribution in [0.4, 0.5) is 22.0 Å². The molecule has 0 bridgehead atoms. The Labute approximate surface area is 112 Å². The van der Waals surface area contributed by atoms with Gasteiger partial charge >= 0.3 is 6.18 Å².